The Labute approximate surface area is 190 Å². The van der Waals surface area contributed by atoms with E-state index in [0.29, 0.717) is 16.7 Å². The van der Waals surface area contributed by atoms with Crippen LogP contribution in [0, 0.1) is 5.82 Å². The summed E-state index contributed by atoms with van der Waals surface area (Å²) in [6.45, 7) is 0. The lowest BCUT2D eigenvalue weighted by atomic mass is 9.60. The largest absolute Gasteiger partial charge is 0.208 e. The highest BCUT2D eigenvalue weighted by Gasteiger charge is 2.19. The molecular formula is C21H18B5ClFN3. The lowest BCUT2D eigenvalue weighted by Crippen LogP contribution is -2.55. The molecule has 0 spiro atoms. The smallest absolute Gasteiger partial charge is 0.167 e. The van der Waals surface area contributed by atoms with Crippen LogP contribution in [0.5, 0.6) is 0 Å². The van der Waals surface area contributed by atoms with Crippen LogP contribution in [0.4, 0.5) is 4.39 Å². The Morgan fingerprint density at radius 2 is 1.19 bits per heavy atom. The number of hydrogen-bond donors (Lipinski definition) is 0. The summed E-state index contributed by atoms with van der Waals surface area (Å²) in [5.41, 5.74) is 7.95. The maximum absolute atomic E-state index is 14.7. The van der Waals surface area contributed by atoms with E-state index < -0.39 is 5.82 Å². The summed E-state index contributed by atoms with van der Waals surface area (Å²) in [5.74, 6) is 0.864. The lowest BCUT2D eigenvalue weighted by molar-refractivity contribution is 0.630. The third-order valence-electron chi connectivity index (χ3n) is 6.06. The molecule has 4 aromatic rings. The average molecular weight is 421 g/mol. The molecule has 10 heteroatoms. The van der Waals surface area contributed by atoms with Gasteiger partial charge in [-0.15, -0.1) is 16.4 Å². The SMILES string of the molecule is Bc1c(B)c(B)c(-c2nc(-c3ccccc3)nc(-c3cc(Cl)ccc3F)n2)c(B)c1B. The van der Waals surface area contributed by atoms with Crippen molar-refractivity contribution < 1.29 is 4.39 Å². The number of rotatable bonds is 3. The molecule has 0 saturated heterocycles. The second kappa shape index (κ2) is 8.39. The number of aromatic nitrogens is 3. The first-order valence-corrected chi connectivity index (χ1v) is 10.5. The van der Waals surface area contributed by atoms with E-state index in [1.807, 2.05) is 30.3 Å². The zero-order valence-electron chi connectivity index (χ0n) is 18.2. The molecule has 146 valence electrons. The van der Waals surface area contributed by atoms with Crippen molar-refractivity contribution >= 4 is 78.1 Å². The zero-order valence-corrected chi connectivity index (χ0v) is 19.0. The number of hydrogen-bond acceptors (Lipinski definition) is 3. The van der Waals surface area contributed by atoms with E-state index in [1.165, 1.54) is 28.5 Å². The molecule has 3 nitrogen and oxygen atoms in total. The molecule has 0 unspecified atom stereocenters. The third kappa shape index (κ3) is 3.95. The van der Waals surface area contributed by atoms with E-state index in [1.54, 1.807) is 6.07 Å². The number of halogens is 2. The molecule has 0 atom stereocenters. The van der Waals surface area contributed by atoms with Crippen LogP contribution in [0.3, 0.4) is 0 Å². The van der Waals surface area contributed by atoms with Crippen LogP contribution >= 0.6 is 11.6 Å². The number of benzene rings is 3. The molecule has 0 saturated carbocycles. The summed E-state index contributed by atoms with van der Waals surface area (Å²) in [7, 11) is 10.5. The summed E-state index contributed by atoms with van der Waals surface area (Å²) < 4.78 is 14.7. The maximum Gasteiger partial charge on any atom is 0.167 e. The van der Waals surface area contributed by atoms with Gasteiger partial charge in [0, 0.05) is 16.1 Å². The molecule has 3 aromatic carbocycles. The van der Waals surface area contributed by atoms with Gasteiger partial charge in [-0.3, -0.25) is 0 Å². The lowest BCUT2D eigenvalue weighted by Gasteiger charge is -2.20. The van der Waals surface area contributed by atoms with Crippen LogP contribution < -0.4 is 27.3 Å². The minimum Gasteiger partial charge on any atom is -0.208 e. The van der Waals surface area contributed by atoms with Crippen LogP contribution in [-0.4, -0.2) is 54.2 Å². The standard InChI is InChI=1S/C21H18B5ClFN3/c22-14-13(15(23)17(25)18(26)16(14)24)21-30-19(9-4-2-1-3-5-9)29-20(31-21)11-8-10(27)6-7-12(11)28/h1-8H,22-26H2. The van der Waals surface area contributed by atoms with Gasteiger partial charge in [0.2, 0.25) is 0 Å². The summed E-state index contributed by atoms with van der Waals surface area (Å²) in [4.78, 5) is 14.1. The van der Waals surface area contributed by atoms with Crippen molar-refractivity contribution in [2.45, 2.75) is 0 Å². The summed E-state index contributed by atoms with van der Waals surface area (Å²) in [6.07, 6.45) is 0. The van der Waals surface area contributed by atoms with Crippen molar-refractivity contribution in [3.63, 3.8) is 0 Å². The summed E-state index contributed by atoms with van der Waals surface area (Å²) in [5, 5.41) is 0.425. The fraction of sp³-hybridized carbons (Fsp3) is 0. The predicted molar refractivity (Wildman–Crippen MR) is 142 cm³/mol. The van der Waals surface area contributed by atoms with Crippen molar-refractivity contribution in [2.24, 2.45) is 0 Å². The Morgan fingerprint density at radius 1 is 0.645 bits per heavy atom. The average Bonchev–Trinajstić information content (AvgIpc) is 2.78. The van der Waals surface area contributed by atoms with Gasteiger partial charge in [-0.05, 0) is 18.2 Å². The molecule has 0 bridgehead atoms. The fourth-order valence-electron chi connectivity index (χ4n) is 3.83. The van der Waals surface area contributed by atoms with E-state index >= 15 is 0 Å². The molecular weight excluding hydrogens is 403 g/mol. The highest BCUT2D eigenvalue weighted by molar-refractivity contribution is 6.68. The van der Waals surface area contributed by atoms with Gasteiger partial charge in [-0.25, -0.2) is 19.3 Å². The molecule has 0 amide bonds. The first-order chi connectivity index (χ1) is 14.8. The molecule has 0 aliphatic rings. The van der Waals surface area contributed by atoms with Gasteiger partial charge in [-0.1, -0.05) is 52.9 Å². The van der Waals surface area contributed by atoms with Crippen molar-refractivity contribution in [3.8, 4) is 34.2 Å². The van der Waals surface area contributed by atoms with E-state index in [-0.39, 0.29) is 11.4 Å². The van der Waals surface area contributed by atoms with Gasteiger partial charge in [-0.2, -0.15) is 0 Å². The Hall–Kier alpha value is -2.79. The van der Waals surface area contributed by atoms with Crippen LogP contribution in [0.25, 0.3) is 34.2 Å². The van der Waals surface area contributed by atoms with E-state index in [4.69, 9.17) is 21.6 Å². The molecule has 1 aromatic heterocycles. The monoisotopic (exact) mass is 421 g/mol. The van der Waals surface area contributed by atoms with Gasteiger partial charge in [0.1, 0.15) is 45.0 Å². The first kappa shape index (κ1) is 21.4. The van der Waals surface area contributed by atoms with E-state index in [2.05, 4.69) is 44.2 Å². The van der Waals surface area contributed by atoms with E-state index in [0.717, 1.165) is 22.1 Å². The molecule has 0 radical (unpaired) electrons. The summed E-state index contributed by atoms with van der Waals surface area (Å²) in [6, 6.07) is 14.1. The molecule has 31 heavy (non-hydrogen) atoms. The van der Waals surface area contributed by atoms with Gasteiger partial charge in [0.25, 0.3) is 0 Å². The van der Waals surface area contributed by atoms with Crippen LogP contribution in [0.1, 0.15) is 0 Å². The Kier molecular flexibility index (Phi) is 5.80. The molecule has 4 rings (SSSR count). The van der Waals surface area contributed by atoms with Crippen molar-refractivity contribution in [3.05, 3.63) is 59.4 Å². The van der Waals surface area contributed by atoms with Crippen LogP contribution in [0.2, 0.25) is 5.02 Å². The molecule has 1 heterocycles. The zero-order chi connectivity index (χ0) is 22.3. The van der Waals surface area contributed by atoms with Crippen molar-refractivity contribution in [1.29, 1.82) is 0 Å². The molecule has 0 N–H and O–H groups in total. The van der Waals surface area contributed by atoms with Crippen LogP contribution in [-0.2, 0) is 0 Å². The first-order valence-electron chi connectivity index (χ1n) is 10.1. The highest BCUT2D eigenvalue weighted by atomic mass is 35.5. The Morgan fingerprint density at radius 3 is 1.84 bits per heavy atom. The minimum atomic E-state index is -0.426. The third-order valence-corrected chi connectivity index (χ3v) is 6.30. The van der Waals surface area contributed by atoms with Crippen molar-refractivity contribution in [1.82, 2.24) is 15.0 Å². The second-order valence-electron chi connectivity index (χ2n) is 7.80. The maximum atomic E-state index is 14.7. The summed E-state index contributed by atoms with van der Waals surface area (Å²) >= 11 is 6.15. The predicted octanol–water partition coefficient (Wildman–Crippen LogP) is -3.04. The fourth-order valence-corrected chi connectivity index (χ4v) is 4.00. The topological polar surface area (TPSA) is 38.7 Å². The van der Waals surface area contributed by atoms with Crippen LogP contribution in [0.15, 0.2) is 48.5 Å². The van der Waals surface area contributed by atoms with Gasteiger partial charge in [0.05, 0.1) is 5.56 Å². The minimum absolute atomic E-state index is 0.254. The highest BCUT2D eigenvalue weighted by Crippen LogP contribution is 2.27. The molecule has 0 aliphatic carbocycles. The van der Waals surface area contributed by atoms with Gasteiger partial charge < -0.3 is 0 Å². The van der Waals surface area contributed by atoms with Gasteiger partial charge in [0.15, 0.2) is 17.5 Å². The Balaban J connectivity index is 2.06. The van der Waals surface area contributed by atoms with E-state index in [9.17, 15) is 4.39 Å². The van der Waals surface area contributed by atoms with Crippen molar-refractivity contribution in [2.75, 3.05) is 0 Å². The quantitative estimate of drug-likeness (QED) is 0.331. The van der Waals surface area contributed by atoms with Gasteiger partial charge >= 0.3 is 0 Å². The second-order valence-corrected chi connectivity index (χ2v) is 8.23. The normalized spacial score (nSPS) is 10.9. The molecule has 0 aliphatic heterocycles. The Bertz CT molecular complexity index is 1290. The molecule has 0 fully saturated rings. The number of nitrogens with zero attached hydrogens (tertiary/aromatic N) is 3.